The minimum Gasteiger partial charge on any atom is -0.463 e. The second-order valence-electron chi connectivity index (χ2n) is 3.31. The fourth-order valence-corrected chi connectivity index (χ4v) is 1.22. The molecule has 0 N–H and O–H groups in total. The molecule has 0 amide bonds. The predicted octanol–water partition coefficient (Wildman–Crippen LogP) is 2.85. The molecule has 0 aliphatic heterocycles. The van der Waals surface area contributed by atoms with Crippen molar-refractivity contribution < 1.29 is 18.9 Å². The van der Waals surface area contributed by atoms with Crippen LogP contribution >= 0.6 is 0 Å². The van der Waals surface area contributed by atoms with Gasteiger partial charge >= 0.3 is 0 Å². The molecule has 2 atom stereocenters. The summed E-state index contributed by atoms with van der Waals surface area (Å²) in [5.74, 6) is 0.979. The van der Waals surface area contributed by atoms with Gasteiger partial charge in [0.25, 0.3) is 0 Å². The molecule has 0 aromatic carbocycles. The van der Waals surface area contributed by atoms with E-state index in [9.17, 15) is 0 Å². The summed E-state index contributed by atoms with van der Waals surface area (Å²) in [6.45, 7) is 10.4. The Morgan fingerprint density at radius 1 is 1.11 bits per heavy atom. The fraction of sp³-hybridized carbons (Fsp3) is 0.308. The molecule has 1 rings (SSSR count). The summed E-state index contributed by atoms with van der Waals surface area (Å²) in [6.07, 6.45) is 3.31. The van der Waals surface area contributed by atoms with Crippen molar-refractivity contribution in [2.24, 2.45) is 0 Å². The van der Waals surface area contributed by atoms with Gasteiger partial charge in [-0.15, -0.1) is 0 Å². The molecular formula is C13H17NO4. The number of pyridine rings is 1. The molecule has 0 fully saturated rings. The predicted molar refractivity (Wildman–Crippen MR) is 67.0 cm³/mol. The van der Waals surface area contributed by atoms with Crippen LogP contribution in [0.1, 0.15) is 13.8 Å². The van der Waals surface area contributed by atoms with Crippen molar-refractivity contribution in [3.8, 4) is 11.6 Å². The van der Waals surface area contributed by atoms with Crippen molar-refractivity contribution in [1.82, 2.24) is 4.98 Å². The Morgan fingerprint density at radius 2 is 1.72 bits per heavy atom. The zero-order valence-electron chi connectivity index (χ0n) is 10.5. The highest BCUT2D eigenvalue weighted by Crippen LogP contribution is 2.19. The number of hydrogen-bond donors (Lipinski definition) is 0. The molecule has 2 unspecified atom stereocenters. The van der Waals surface area contributed by atoms with Gasteiger partial charge in [-0.25, -0.2) is 4.98 Å². The highest BCUT2D eigenvalue weighted by molar-refractivity contribution is 5.26. The second-order valence-corrected chi connectivity index (χ2v) is 3.31. The molecule has 0 saturated carbocycles. The third kappa shape index (κ3) is 4.78. The van der Waals surface area contributed by atoms with E-state index < -0.39 is 12.6 Å². The lowest BCUT2D eigenvalue weighted by Gasteiger charge is -2.15. The van der Waals surface area contributed by atoms with Crippen molar-refractivity contribution in [2.75, 3.05) is 0 Å². The van der Waals surface area contributed by atoms with E-state index in [1.807, 2.05) is 0 Å². The van der Waals surface area contributed by atoms with Crippen LogP contribution < -0.4 is 9.47 Å². The van der Waals surface area contributed by atoms with Crippen LogP contribution in [0.4, 0.5) is 0 Å². The van der Waals surface area contributed by atoms with Crippen molar-refractivity contribution >= 4 is 0 Å². The average Bonchev–Trinajstić information content (AvgIpc) is 2.29. The van der Waals surface area contributed by atoms with Crippen LogP contribution in [-0.2, 0) is 9.47 Å². The summed E-state index contributed by atoms with van der Waals surface area (Å²) >= 11 is 0. The van der Waals surface area contributed by atoms with Crippen LogP contribution in [0.3, 0.4) is 0 Å². The standard InChI is InChI=1S/C13H17NO4/c1-5-15-10(3)17-12-7-8-14-13(9-12)18-11(4)16-6-2/h5-11H,1-2H2,3-4H3. The first-order chi connectivity index (χ1) is 8.65. The minimum absolute atomic E-state index is 0.396. The van der Waals surface area contributed by atoms with Gasteiger partial charge in [-0.2, -0.15) is 0 Å². The van der Waals surface area contributed by atoms with Crippen molar-refractivity contribution in [3.05, 3.63) is 44.0 Å². The molecule has 0 bridgehead atoms. The third-order valence-electron chi connectivity index (χ3n) is 1.87. The van der Waals surface area contributed by atoms with Crippen molar-refractivity contribution in [2.45, 2.75) is 26.4 Å². The number of nitrogens with zero attached hydrogens (tertiary/aromatic N) is 1. The van der Waals surface area contributed by atoms with Gasteiger partial charge in [0.2, 0.25) is 18.5 Å². The molecular weight excluding hydrogens is 234 g/mol. The van der Waals surface area contributed by atoms with E-state index in [1.165, 1.54) is 12.5 Å². The van der Waals surface area contributed by atoms with Gasteiger partial charge in [0.05, 0.1) is 12.5 Å². The average molecular weight is 251 g/mol. The third-order valence-corrected chi connectivity index (χ3v) is 1.87. The number of ether oxygens (including phenoxy) is 4. The molecule has 5 heteroatoms. The first kappa shape index (κ1) is 13.9. The highest BCUT2D eigenvalue weighted by atomic mass is 16.7. The summed E-state index contributed by atoms with van der Waals surface area (Å²) in [4.78, 5) is 4.04. The molecule has 0 spiro atoms. The van der Waals surface area contributed by atoms with Gasteiger partial charge in [-0.3, -0.25) is 0 Å². The molecule has 1 aromatic rings. The van der Waals surface area contributed by atoms with Crippen LogP contribution in [-0.4, -0.2) is 17.6 Å². The van der Waals surface area contributed by atoms with Crippen LogP contribution in [0, 0.1) is 0 Å². The summed E-state index contributed by atoms with van der Waals surface area (Å²) in [6, 6.07) is 3.35. The van der Waals surface area contributed by atoms with E-state index in [0.717, 1.165) is 0 Å². The monoisotopic (exact) mass is 251 g/mol. The van der Waals surface area contributed by atoms with Gasteiger partial charge in [0.1, 0.15) is 5.75 Å². The van der Waals surface area contributed by atoms with E-state index in [-0.39, 0.29) is 0 Å². The van der Waals surface area contributed by atoms with Gasteiger partial charge in [-0.1, -0.05) is 13.2 Å². The Balaban J connectivity index is 2.61. The van der Waals surface area contributed by atoms with Crippen molar-refractivity contribution in [3.63, 3.8) is 0 Å². The minimum atomic E-state index is -0.466. The Kier molecular flexibility index (Phi) is 5.57. The molecule has 0 radical (unpaired) electrons. The van der Waals surface area contributed by atoms with Gasteiger partial charge in [0, 0.05) is 26.1 Å². The summed E-state index contributed by atoms with van der Waals surface area (Å²) in [5.41, 5.74) is 0. The molecule has 18 heavy (non-hydrogen) atoms. The first-order valence-corrected chi connectivity index (χ1v) is 5.47. The summed E-state index contributed by atoms with van der Waals surface area (Å²) in [5, 5.41) is 0. The molecule has 0 aliphatic carbocycles. The summed E-state index contributed by atoms with van der Waals surface area (Å²) < 4.78 is 20.9. The quantitative estimate of drug-likeness (QED) is 0.525. The Labute approximate surface area is 107 Å². The van der Waals surface area contributed by atoms with Crippen LogP contribution in [0.15, 0.2) is 44.0 Å². The second kappa shape index (κ2) is 7.21. The Morgan fingerprint density at radius 3 is 2.33 bits per heavy atom. The largest absolute Gasteiger partial charge is 0.463 e. The molecule has 5 nitrogen and oxygen atoms in total. The first-order valence-electron chi connectivity index (χ1n) is 5.47. The molecule has 1 heterocycles. The van der Waals surface area contributed by atoms with E-state index in [1.54, 1.807) is 32.2 Å². The van der Waals surface area contributed by atoms with E-state index >= 15 is 0 Å². The van der Waals surface area contributed by atoms with Crippen LogP contribution in [0.25, 0.3) is 0 Å². The number of hydrogen-bond acceptors (Lipinski definition) is 5. The van der Waals surface area contributed by atoms with E-state index in [2.05, 4.69) is 18.1 Å². The lowest BCUT2D eigenvalue weighted by atomic mass is 10.4. The van der Waals surface area contributed by atoms with Gasteiger partial charge in [-0.05, 0) is 6.07 Å². The van der Waals surface area contributed by atoms with Crippen molar-refractivity contribution in [1.29, 1.82) is 0 Å². The Bertz CT molecular complexity index is 361. The maximum Gasteiger partial charge on any atom is 0.239 e. The Hall–Kier alpha value is -2.17. The van der Waals surface area contributed by atoms with Crippen LogP contribution in [0.5, 0.6) is 11.6 Å². The van der Waals surface area contributed by atoms with Crippen LogP contribution in [0.2, 0.25) is 0 Å². The number of aromatic nitrogens is 1. The van der Waals surface area contributed by atoms with E-state index in [0.29, 0.717) is 11.6 Å². The maximum atomic E-state index is 5.46. The maximum absolute atomic E-state index is 5.46. The fourth-order valence-electron chi connectivity index (χ4n) is 1.22. The van der Waals surface area contributed by atoms with Gasteiger partial charge < -0.3 is 18.9 Å². The normalized spacial score (nSPS) is 13.0. The zero-order chi connectivity index (χ0) is 13.4. The lowest BCUT2D eigenvalue weighted by Crippen LogP contribution is -2.15. The molecule has 1 aromatic heterocycles. The number of rotatable bonds is 8. The topological polar surface area (TPSA) is 49.8 Å². The zero-order valence-corrected chi connectivity index (χ0v) is 10.5. The molecule has 0 aliphatic rings. The molecule has 98 valence electrons. The van der Waals surface area contributed by atoms with E-state index in [4.69, 9.17) is 18.9 Å². The smallest absolute Gasteiger partial charge is 0.239 e. The summed E-state index contributed by atoms with van der Waals surface area (Å²) in [7, 11) is 0. The van der Waals surface area contributed by atoms with Gasteiger partial charge in [0.15, 0.2) is 0 Å². The highest BCUT2D eigenvalue weighted by Gasteiger charge is 2.07. The lowest BCUT2D eigenvalue weighted by molar-refractivity contribution is -0.0201. The molecule has 0 saturated heterocycles. The SMILES string of the molecule is C=COC(C)Oc1ccnc(OC(C)OC=C)c1.